The topological polar surface area (TPSA) is 103 Å². The van der Waals surface area contributed by atoms with Gasteiger partial charge in [0.15, 0.2) is 5.17 Å². The highest BCUT2D eigenvalue weighted by Crippen LogP contribution is 2.23. The Morgan fingerprint density at radius 2 is 2.00 bits per heavy atom. The molecule has 0 radical (unpaired) electrons. The van der Waals surface area contributed by atoms with Gasteiger partial charge < -0.3 is 15.7 Å². The van der Waals surface area contributed by atoms with E-state index in [1.165, 1.54) is 6.21 Å². The van der Waals surface area contributed by atoms with E-state index in [0.717, 1.165) is 17.3 Å². The molecule has 0 aromatic heterocycles. The van der Waals surface area contributed by atoms with Crippen LogP contribution >= 0.6 is 11.8 Å². The first-order valence-electron chi connectivity index (χ1n) is 8.24. The van der Waals surface area contributed by atoms with Crippen molar-refractivity contribution in [3.8, 4) is 5.75 Å². The number of nitrogens with zero attached hydrogens (tertiary/aromatic N) is 2. The molecule has 1 aliphatic heterocycles. The molecule has 27 heavy (non-hydrogen) atoms. The first-order valence-corrected chi connectivity index (χ1v) is 9.12. The lowest BCUT2D eigenvalue weighted by atomic mass is 10.2. The van der Waals surface area contributed by atoms with Crippen LogP contribution in [-0.2, 0) is 9.59 Å². The molecule has 3 rings (SSSR count). The van der Waals surface area contributed by atoms with Crippen molar-refractivity contribution in [3.63, 3.8) is 0 Å². The Labute approximate surface area is 160 Å². The van der Waals surface area contributed by atoms with E-state index in [1.807, 2.05) is 31.2 Å². The summed E-state index contributed by atoms with van der Waals surface area (Å²) >= 11 is 1.15. The van der Waals surface area contributed by atoms with Crippen LogP contribution in [0.25, 0.3) is 0 Å². The standard InChI is InChI=1S/C19H18N4O3S/c1-12-6-8-14(9-7-12)21-17(25)10-16-18(26)22-19(27-16)23-20-11-13-4-2-3-5-15(13)24/h2-9,11,16,24H,10H2,1H3,(H,21,25)(H,22,23,26)/b20-11+/t16-/m1/s1. The Morgan fingerprint density at radius 3 is 2.74 bits per heavy atom. The van der Waals surface area contributed by atoms with Crippen LogP contribution in [0.3, 0.4) is 0 Å². The molecule has 7 nitrogen and oxygen atoms in total. The molecule has 0 saturated carbocycles. The number of anilines is 1. The lowest BCUT2D eigenvalue weighted by molar-refractivity contribution is -0.122. The third-order valence-electron chi connectivity index (χ3n) is 3.76. The zero-order valence-corrected chi connectivity index (χ0v) is 15.4. The summed E-state index contributed by atoms with van der Waals surface area (Å²) in [6.07, 6.45) is 1.43. The van der Waals surface area contributed by atoms with E-state index >= 15 is 0 Å². The molecule has 8 heteroatoms. The number of nitrogens with one attached hydrogen (secondary N) is 2. The lowest BCUT2D eigenvalue weighted by Crippen LogP contribution is -2.28. The average Bonchev–Trinajstić information content (AvgIpc) is 2.98. The minimum Gasteiger partial charge on any atom is -0.507 e. The molecule has 2 aromatic carbocycles. The van der Waals surface area contributed by atoms with Crippen molar-refractivity contribution in [2.24, 2.45) is 10.2 Å². The average molecular weight is 382 g/mol. The van der Waals surface area contributed by atoms with E-state index in [2.05, 4.69) is 20.8 Å². The minimum atomic E-state index is -0.561. The second kappa shape index (κ2) is 8.50. The van der Waals surface area contributed by atoms with Gasteiger partial charge in [-0.3, -0.25) is 9.59 Å². The third-order valence-corrected chi connectivity index (χ3v) is 4.84. The van der Waals surface area contributed by atoms with E-state index in [0.29, 0.717) is 16.4 Å². The molecule has 2 aromatic rings. The van der Waals surface area contributed by atoms with Crippen molar-refractivity contribution in [1.82, 2.24) is 5.32 Å². The van der Waals surface area contributed by atoms with Gasteiger partial charge >= 0.3 is 0 Å². The maximum absolute atomic E-state index is 12.1. The summed E-state index contributed by atoms with van der Waals surface area (Å²) in [5, 5.41) is 22.6. The van der Waals surface area contributed by atoms with Crippen LogP contribution in [0.1, 0.15) is 17.5 Å². The predicted octanol–water partition coefficient (Wildman–Crippen LogP) is 2.65. The quantitative estimate of drug-likeness (QED) is 0.546. The van der Waals surface area contributed by atoms with Crippen molar-refractivity contribution in [1.29, 1.82) is 0 Å². The van der Waals surface area contributed by atoms with Gasteiger partial charge in [0.1, 0.15) is 11.0 Å². The number of phenolic OH excluding ortho intramolecular Hbond substituents is 1. The van der Waals surface area contributed by atoms with Crippen molar-refractivity contribution < 1.29 is 14.7 Å². The number of aromatic hydroxyl groups is 1. The monoisotopic (exact) mass is 382 g/mol. The fourth-order valence-electron chi connectivity index (χ4n) is 2.34. The molecule has 0 unspecified atom stereocenters. The van der Waals surface area contributed by atoms with Crippen molar-refractivity contribution in [2.75, 3.05) is 5.32 Å². The second-order valence-electron chi connectivity index (χ2n) is 5.92. The Bertz CT molecular complexity index is 909. The number of carbonyl (C=O) groups is 2. The number of hydrogen-bond acceptors (Lipinski definition) is 6. The van der Waals surface area contributed by atoms with Gasteiger partial charge in [0.2, 0.25) is 11.8 Å². The summed E-state index contributed by atoms with van der Waals surface area (Å²) < 4.78 is 0. The van der Waals surface area contributed by atoms with Crippen LogP contribution < -0.4 is 10.6 Å². The zero-order chi connectivity index (χ0) is 19.2. The summed E-state index contributed by atoms with van der Waals surface area (Å²) in [7, 11) is 0. The number of hydrogen-bond donors (Lipinski definition) is 3. The number of amidine groups is 1. The second-order valence-corrected chi connectivity index (χ2v) is 7.11. The Hall–Kier alpha value is -3.13. The third kappa shape index (κ3) is 5.18. The number of para-hydroxylation sites is 1. The highest BCUT2D eigenvalue weighted by Gasteiger charge is 2.32. The van der Waals surface area contributed by atoms with Gasteiger partial charge in [-0.25, -0.2) is 0 Å². The Morgan fingerprint density at radius 1 is 1.26 bits per heavy atom. The SMILES string of the molecule is Cc1ccc(NC(=O)C[C@H]2S/C(=N/N=C/c3ccccc3O)NC2=O)cc1. The molecular formula is C19H18N4O3S. The summed E-state index contributed by atoms with van der Waals surface area (Å²) in [6.45, 7) is 1.97. The summed E-state index contributed by atoms with van der Waals surface area (Å²) in [4.78, 5) is 24.2. The lowest BCUT2D eigenvalue weighted by Gasteiger charge is -2.07. The zero-order valence-electron chi connectivity index (χ0n) is 14.5. The molecule has 0 aliphatic carbocycles. The van der Waals surface area contributed by atoms with E-state index in [-0.39, 0.29) is 24.0 Å². The highest BCUT2D eigenvalue weighted by atomic mass is 32.2. The smallest absolute Gasteiger partial charge is 0.240 e. The molecule has 3 N–H and O–H groups in total. The van der Waals surface area contributed by atoms with E-state index in [4.69, 9.17) is 0 Å². The van der Waals surface area contributed by atoms with Gasteiger partial charge in [0, 0.05) is 17.7 Å². The highest BCUT2D eigenvalue weighted by molar-refractivity contribution is 8.15. The first kappa shape index (κ1) is 18.7. The van der Waals surface area contributed by atoms with Crippen molar-refractivity contribution in [2.45, 2.75) is 18.6 Å². The van der Waals surface area contributed by atoms with Gasteiger partial charge in [0.05, 0.1) is 6.21 Å². The number of benzene rings is 2. The molecular weight excluding hydrogens is 364 g/mol. The summed E-state index contributed by atoms with van der Waals surface area (Å²) in [5.74, 6) is -0.434. The molecule has 1 saturated heterocycles. The van der Waals surface area contributed by atoms with Crippen LogP contribution in [0.4, 0.5) is 5.69 Å². The molecule has 2 amide bonds. The molecule has 1 fully saturated rings. The number of rotatable bonds is 5. The normalized spacial score (nSPS) is 18.0. The number of carbonyl (C=O) groups excluding carboxylic acids is 2. The molecule has 0 bridgehead atoms. The predicted molar refractivity (Wildman–Crippen MR) is 107 cm³/mol. The Kier molecular flexibility index (Phi) is 5.87. The largest absolute Gasteiger partial charge is 0.507 e. The Balaban J connectivity index is 1.56. The number of aryl methyl sites for hydroxylation is 1. The first-order chi connectivity index (χ1) is 13.0. The number of thioether (sulfide) groups is 1. The van der Waals surface area contributed by atoms with Gasteiger partial charge in [-0.05, 0) is 31.2 Å². The number of amides is 2. The van der Waals surface area contributed by atoms with Crippen LogP contribution in [-0.4, -0.2) is 33.6 Å². The fraction of sp³-hybridized carbons (Fsp3) is 0.158. The summed E-state index contributed by atoms with van der Waals surface area (Å²) in [6, 6.07) is 14.1. The van der Waals surface area contributed by atoms with E-state index in [1.54, 1.807) is 24.3 Å². The maximum Gasteiger partial charge on any atom is 0.240 e. The summed E-state index contributed by atoms with van der Waals surface area (Å²) in [5.41, 5.74) is 2.31. The van der Waals surface area contributed by atoms with E-state index < -0.39 is 5.25 Å². The van der Waals surface area contributed by atoms with E-state index in [9.17, 15) is 14.7 Å². The molecule has 1 atom stereocenters. The molecule has 138 valence electrons. The minimum absolute atomic E-state index is 0.0343. The van der Waals surface area contributed by atoms with Crippen molar-refractivity contribution in [3.05, 3.63) is 59.7 Å². The number of phenols is 1. The van der Waals surface area contributed by atoms with Crippen LogP contribution in [0.15, 0.2) is 58.7 Å². The molecule has 0 spiro atoms. The fourth-order valence-corrected chi connectivity index (χ4v) is 3.27. The van der Waals surface area contributed by atoms with Crippen molar-refractivity contribution >= 4 is 40.6 Å². The molecule has 1 aliphatic rings. The van der Waals surface area contributed by atoms with Crippen LogP contribution in [0.5, 0.6) is 5.75 Å². The van der Waals surface area contributed by atoms with Crippen LogP contribution in [0.2, 0.25) is 0 Å². The molecule has 1 heterocycles. The van der Waals surface area contributed by atoms with Gasteiger partial charge in [0.25, 0.3) is 0 Å². The van der Waals surface area contributed by atoms with Gasteiger partial charge in [-0.2, -0.15) is 5.10 Å². The van der Waals surface area contributed by atoms with Crippen LogP contribution in [0, 0.1) is 6.92 Å². The van der Waals surface area contributed by atoms with Gasteiger partial charge in [-0.15, -0.1) is 5.10 Å². The van der Waals surface area contributed by atoms with Gasteiger partial charge in [-0.1, -0.05) is 41.6 Å². The maximum atomic E-state index is 12.1.